The molecule has 0 radical (unpaired) electrons. The number of thioether (sulfide) groups is 1. The minimum Gasteiger partial charge on any atom is -0.507 e. The van der Waals surface area contributed by atoms with E-state index >= 15 is 0 Å². The van der Waals surface area contributed by atoms with Gasteiger partial charge in [0.25, 0.3) is 5.78 Å². The number of aliphatic hydroxyl groups is 1. The molecule has 226 valence electrons. The van der Waals surface area contributed by atoms with E-state index in [1.165, 1.54) is 16.7 Å². The first-order chi connectivity index (χ1) is 21.8. The van der Waals surface area contributed by atoms with Crippen molar-refractivity contribution >= 4 is 80.5 Å². The Morgan fingerprint density at radius 1 is 0.889 bits per heavy atom. The summed E-state index contributed by atoms with van der Waals surface area (Å²) in [5.74, 6) is -0.990. The van der Waals surface area contributed by atoms with Crippen molar-refractivity contribution < 1.29 is 19.4 Å². The molecule has 1 aliphatic rings. The van der Waals surface area contributed by atoms with Gasteiger partial charge in [0.05, 0.1) is 11.6 Å². The summed E-state index contributed by atoms with van der Waals surface area (Å²) in [5.41, 5.74) is 2.65. The lowest BCUT2D eigenvalue weighted by Gasteiger charge is -2.23. The van der Waals surface area contributed by atoms with Gasteiger partial charge in [-0.2, -0.15) is 0 Å². The van der Waals surface area contributed by atoms with Crippen LogP contribution in [0.3, 0.4) is 0 Å². The Bertz CT molecular complexity index is 1920. The maximum absolute atomic E-state index is 13.6. The third-order valence-corrected chi connectivity index (χ3v) is 9.90. The SMILES string of the molecule is O=C1C(=O)N(c2nnc(SCc3ccc(Cl)cc3Cl)s2)C(c2cccc(OCc3ccccc3)c2)/C1=C(\O)c1ccc(Cl)cc1. The third-order valence-electron chi connectivity index (χ3n) is 6.95. The summed E-state index contributed by atoms with van der Waals surface area (Å²) in [6.45, 7) is 0.323. The molecule has 1 atom stereocenters. The number of anilines is 1. The number of nitrogens with zero attached hydrogens (tertiary/aromatic N) is 3. The lowest BCUT2D eigenvalue weighted by atomic mass is 9.95. The van der Waals surface area contributed by atoms with Gasteiger partial charge in [-0.05, 0) is 65.2 Å². The van der Waals surface area contributed by atoms with Crippen LogP contribution in [0.4, 0.5) is 5.13 Å². The highest BCUT2D eigenvalue weighted by Crippen LogP contribution is 2.45. The van der Waals surface area contributed by atoms with Gasteiger partial charge >= 0.3 is 5.91 Å². The minimum atomic E-state index is -1.00. The van der Waals surface area contributed by atoms with Crippen LogP contribution in [-0.4, -0.2) is 27.0 Å². The van der Waals surface area contributed by atoms with Crippen LogP contribution < -0.4 is 9.64 Å². The molecule has 0 bridgehead atoms. The number of hydrogen-bond donors (Lipinski definition) is 1. The number of amides is 1. The van der Waals surface area contributed by atoms with Gasteiger partial charge in [-0.25, -0.2) is 0 Å². The monoisotopic (exact) mass is 693 g/mol. The van der Waals surface area contributed by atoms with Crippen molar-refractivity contribution in [2.24, 2.45) is 0 Å². The Morgan fingerprint density at radius 3 is 2.40 bits per heavy atom. The van der Waals surface area contributed by atoms with Gasteiger partial charge in [0.2, 0.25) is 5.13 Å². The molecule has 45 heavy (non-hydrogen) atoms. The van der Waals surface area contributed by atoms with Gasteiger partial charge in [0.15, 0.2) is 4.34 Å². The van der Waals surface area contributed by atoms with E-state index in [-0.39, 0.29) is 16.5 Å². The molecule has 1 amide bonds. The molecule has 4 aromatic carbocycles. The van der Waals surface area contributed by atoms with Crippen LogP contribution in [0.1, 0.15) is 28.3 Å². The normalized spacial score (nSPS) is 15.9. The van der Waals surface area contributed by atoms with Gasteiger partial charge in [-0.1, -0.05) is 106 Å². The molecule has 7 nitrogen and oxygen atoms in total. The van der Waals surface area contributed by atoms with E-state index in [1.807, 2.05) is 36.4 Å². The molecule has 1 aromatic heterocycles. The summed E-state index contributed by atoms with van der Waals surface area (Å²) in [7, 11) is 0. The number of benzene rings is 4. The number of Topliss-reactive ketones (excluding diaryl/α,β-unsaturated/α-hetero) is 1. The average Bonchev–Trinajstić information content (AvgIpc) is 3.62. The molecule has 2 heterocycles. The second-order valence-electron chi connectivity index (χ2n) is 9.90. The van der Waals surface area contributed by atoms with Crippen molar-refractivity contribution in [3.8, 4) is 5.75 Å². The molecule has 1 fully saturated rings. The van der Waals surface area contributed by atoms with Crippen LogP contribution in [0.25, 0.3) is 5.76 Å². The Kier molecular flexibility index (Phi) is 9.44. The standard InChI is InChI=1S/C33H22Cl3N3O4S2/c34-23-12-9-20(10-13-23)29(40)27-28(21-7-4-8-25(15-21)43-17-19-5-2-1-3-6-19)39(31(42)30(27)41)32-37-38-33(45-32)44-18-22-11-14-24(35)16-26(22)36/h1-16,28,40H,17-18H2/b29-27+. The zero-order valence-corrected chi connectivity index (χ0v) is 27.1. The maximum atomic E-state index is 13.6. The number of ketones is 1. The second-order valence-corrected chi connectivity index (χ2v) is 13.4. The smallest absolute Gasteiger partial charge is 0.301 e. The fourth-order valence-corrected chi connectivity index (χ4v) is 7.31. The fourth-order valence-electron chi connectivity index (χ4n) is 4.76. The molecule has 1 unspecified atom stereocenters. The first-order valence-electron chi connectivity index (χ1n) is 13.5. The molecular weight excluding hydrogens is 673 g/mol. The molecule has 6 rings (SSSR count). The van der Waals surface area contributed by atoms with Crippen LogP contribution in [-0.2, 0) is 21.9 Å². The van der Waals surface area contributed by atoms with Crippen LogP contribution in [0.2, 0.25) is 15.1 Å². The number of carbonyl (C=O) groups excluding carboxylic acids is 2. The van der Waals surface area contributed by atoms with Crippen molar-refractivity contribution in [1.82, 2.24) is 10.2 Å². The van der Waals surface area contributed by atoms with E-state index in [1.54, 1.807) is 60.7 Å². The zero-order chi connectivity index (χ0) is 31.5. The Morgan fingerprint density at radius 2 is 1.64 bits per heavy atom. The molecular formula is C33H22Cl3N3O4S2. The van der Waals surface area contributed by atoms with E-state index in [9.17, 15) is 14.7 Å². The summed E-state index contributed by atoms with van der Waals surface area (Å²) in [6, 6.07) is 27.4. The van der Waals surface area contributed by atoms with E-state index in [4.69, 9.17) is 39.5 Å². The molecule has 0 saturated carbocycles. The lowest BCUT2D eigenvalue weighted by Crippen LogP contribution is -2.29. The maximum Gasteiger partial charge on any atom is 0.301 e. The van der Waals surface area contributed by atoms with Gasteiger partial charge in [0.1, 0.15) is 18.1 Å². The Balaban J connectivity index is 1.36. The molecule has 12 heteroatoms. The average molecular weight is 695 g/mol. The van der Waals surface area contributed by atoms with E-state index in [0.717, 1.165) is 22.5 Å². The molecule has 0 aliphatic carbocycles. The highest BCUT2D eigenvalue weighted by Gasteiger charge is 2.48. The van der Waals surface area contributed by atoms with E-state index in [2.05, 4.69) is 10.2 Å². The lowest BCUT2D eigenvalue weighted by molar-refractivity contribution is -0.132. The van der Waals surface area contributed by atoms with Gasteiger partial charge in [0, 0.05) is 26.4 Å². The minimum absolute atomic E-state index is 0.0834. The quantitative estimate of drug-likeness (QED) is 0.0541. The Hall–Kier alpha value is -3.86. The molecule has 1 saturated heterocycles. The number of aromatic nitrogens is 2. The van der Waals surface area contributed by atoms with Crippen molar-refractivity contribution in [2.75, 3.05) is 4.90 Å². The number of carbonyl (C=O) groups is 2. The van der Waals surface area contributed by atoms with E-state index in [0.29, 0.717) is 48.6 Å². The fraction of sp³-hybridized carbons (Fsp3) is 0.0909. The molecule has 1 N–H and O–H groups in total. The van der Waals surface area contributed by atoms with Crippen molar-refractivity contribution in [3.05, 3.63) is 140 Å². The largest absolute Gasteiger partial charge is 0.507 e. The van der Waals surface area contributed by atoms with Gasteiger partial charge < -0.3 is 9.84 Å². The van der Waals surface area contributed by atoms with Crippen molar-refractivity contribution in [3.63, 3.8) is 0 Å². The number of hydrogen-bond acceptors (Lipinski definition) is 8. The topological polar surface area (TPSA) is 92.6 Å². The summed E-state index contributed by atoms with van der Waals surface area (Å²) in [5, 5.41) is 21.7. The summed E-state index contributed by atoms with van der Waals surface area (Å²) in [6.07, 6.45) is 0. The van der Waals surface area contributed by atoms with Crippen LogP contribution >= 0.6 is 57.9 Å². The predicted molar refractivity (Wildman–Crippen MR) is 179 cm³/mol. The van der Waals surface area contributed by atoms with E-state index < -0.39 is 17.7 Å². The highest BCUT2D eigenvalue weighted by molar-refractivity contribution is 8.00. The van der Waals surface area contributed by atoms with Crippen molar-refractivity contribution in [2.45, 2.75) is 22.7 Å². The van der Waals surface area contributed by atoms with Crippen molar-refractivity contribution in [1.29, 1.82) is 0 Å². The van der Waals surface area contributed by atoms with Gasteiger partial charge in [-0.15, -0.1) is 10.2 Å². The number of aliphatic hydroxyl groups excluding tert-OH is 1. The Labute approximate surface area is 282 Å². The zero-order valence-electron chi connectivity index (χ0n) is 23.2. The summed E-state index contributed by atoms with van der Waals surface area (Å²) in [4.78, 5) is 28.5. The number of halogens is 3. The van der Waals surface area contributed by atoms with Crippen LogP contribution in [0.5, 0.6) is 5.75 Å². The highest BCUT2D eigenvalue weighted by atomic mass is 35.5. The first-order valence-corrected chi connectivity index (χ1v) is 16.5. The second kappa shape index (κ2) is 13.6. The molecule has 1 aliphatic heterocycles. The third kappa shape index (κ3) is 6.88. The van der Waals surface area contributed by atoms with Crippen LogP contribution in [0.15, 0.2) is 107 Å². The summed E-state index contributed by atoms with van der Waals surface area (Å²) < 4.78 is 6.61. The number of rotatable bonds is 9. The van der Waals surface area contributed by atoms with Crippen LogP contribution in [0, 0.1) is 0 Å². The summed E-state index contributed by atoms with van der Waals surface area (Å²) >= 11 is 21.0. The first kappa shape index (κ1) is 31.1. The van der Waals surface area contributed by atoms with Gasteiger partial charge in [-0.3, -0.25) is 14.5 Å². The number of ether oxygens (including phenoxy) is 1. The predicted octanol–water partition coefficient (Wildman–Crippen LogP) is 9.00. The molecule has 5 aromatic rings. The molecule has 0 spiro atoms.